The van der Waals surface area contributed by atoms with Crippen LogP contribution in [0.2, 0.25) is 5.02 Å². The molecular weight excluding hydrogens is 284 g/mol. The van der Waals surface area contributed by atoms with Crippen molar-refractivity contribution < 1.29 is 4.74 Å². The molecule has 2 rings (SSSR count). The molecule has 0 aliphatic heterocycles. The van der Waals surface area contributed by atoms with E-state index in [1.54, 1.807) is 13.3 Å². The zero-order chi connectivity index (χ0) is 15.1. The zero-order valence-electron chi connectivity index (χ0n) is 12.5. The second-order valence-corrected chi connectivity index (χ2v) is 5.31. The van der Waals surface area contributed by atoms with Gasteiger partial charge >= 0.3 is 0 Å². The van der Waals surface area contributed by atoms with Crippen LogP contribution in [0.5, 0.6) is 5.88 Å². The number of nitrogens with zero attached hydrogens (tertiary/aromatic N) is 1. The summed E-state index contributed by atoms with van der Waals surface area (Å²) >= 11 is 6.29. The SMILES string of the molecule is CCCNC(Cc1ccccc1Cl)c1cccnc1OC. The highest BCUT2D eigenvalue weighted by Gasteiger charge is 2.17. The van der Waals surface area contributed by atoms with Crippen LogP contribution in [-0.2, 0) is 6.42 Å². The van der Waals surface area contributed by atoms with Crippen LogP contribution >= 0.6 is 11.6 Å². The summed E-state index contributed by atoms with van der Waals surface area (Å²) in [5.74, 6) is 0.665. The fourth-order valence-electron chi connectivity index (χ4n) is 2.33. The lowest BCUT2D eigenvalue weighted by Gasteiger charge is -2.21. The first-order chi connectivity index (χ1) is 10.3. The third-order valence-corrected chi connectivity index (χ3v) is 3.76. The second-order valence-electron chi connectivity index (χ2n) is 4.90. The molecule has 1 N–H and O–H groups in total. The summed E-state index contributed by atoms with van der Waals surface area (Å²) in [4.78, 5) is 4.29. The van der Waals surface area contributed by atoms with E-state index in [1.165, 1.54) is 0 Å². The average Bonchev–Trinajstić information content (AvgIpc) is 2.53. The Bertz CT molecular complexity index is 574. The fraction of sp³-hybridized carbons (Fsp3) is 0.353. The van der Waals surface area contributed by atoms with Crippen molar-refractivity contribution in [1.29, 1.82) is 0 Å². The Hall–Kier alpha value is -1.58. The van der Waals surface area contributed by atoms with Gasteiger partial charge in [0.2, 0.25) is 5.88 Å². The highest BCUT2D eigenvalue weighted by Crippen LogP contribution is 2.28. The predicted octanol–water partition coefficient (Wildman–Crippen LogP) is 4.03. The van der Waals surface area contributed by atoms with Crippen LogP contribution in [0.1, 0.15) is 30.5 Å². The molecule has 0 radical (unpaired) electrons. The van der Waals surface area contributed by atoms with Crippen molar-refractivity contribution in [1.82, 2.24) is 10.3 Å². The molecule has 0 fully saturated rings. The summed E-state index contributed by atoms with van der Waals surface area (Å²) in [5, 5.41) is 4.35. The van der Waals surface area contributed by atoms with Gasteiger partial charge in [-0.1, -0.05) is 42.8 Å². The molecule has 0 aliphatic carbocycles. The van der Waals surface area contributed by atoms with E-state index in [-0.39, 0.29) is 6.04 Å². The lowest BCUT2D eigenvalue weighted by molar-refractivity contribution is 0.381. The second kappa shape index (κ2) is 8.01. The molecule has 0 saturated heterocycles. The van der Waals surface area contributed by atoms with Crippen LogP contribution in [0.15, 0.2) is 42.6 Å². The molecule has 0 saturated carbocycles. The Morgan fingerprint density at radius 3 is 2.76 bits per heavy atom. The molecule has 1 aromatic carbocycles. The Labute approximate surface area is 131 Å². The average molecular weight is 305 g/mol. The van der Waals surface area contributed by atoms with Gasteiger partial charge in [-0.05, 0) is 37.1 Å². The number of rotatable bonds is 7. The van der Waals surface area contributed by atoms with Crippen LogP contribution in [0.4, 0.5) is 0 Å². The molecule has 3 nitrogen and oxygen atoms in total. The molecule has 4 heteroatoms. The molecule has 0 amide bonds. The zero-order valence-corrected chi connectivity index (χ0v) is 13.2. The van der Waals surface area contributed by atoms with E-state index >= 15 is 0 Å². The number of pyridine rings is 1. The van der Waals surface area contributed by atoms with Crippen molar-refractivity contribution >= 4 is 11.6 Å². The van der Waals surface area contributed by atoms with E-state index in [1.807, 2.05) is 24.3 Å². The van der Waals surface area contributed by atoms with E-state index in [4.69, 9.17) is 16.3 Å². The van der Waals surface area contributed by atoms with Crippen molar-refractivity contribution in [2.45, 2.75) is 25.8 Å². The fourth-order valence-corrected chi connectivity index (χ4v) is 2.55. The predicted molar refractivity (Wildman–Crippen MR) is 87.0 cm³/mol. The van der Waals surface area contributed by atoms with Gasteiger partial charge in [0.05, 0.1) is 7.11 Å². The Kier molecular flexibility index (Phi) is 6.03. The van der Waals surface area contributed by atoms with Gasteiger partial charge in [-0.15, -0.1) is 0 Å². The maximum atomic E-state index is 6.29. The van der Waals surface area contributed by atoms with Gasteiger partial charge in [-0.3, -0.25) is 0 Å². The van der Waals surface area contributed by atoms with Crippen molar-refractivity contribution in [3.05, 3.63) is 58.7 Å². The third kappa shape index (κ3) is 4.19. The highest BCUT2D eigenvalue weighted by molar-refractivity contribution is 6.31. The van der Waals surface area contributed by atoms with Gasteiger partial charge in [0.25, 0.3) is 0 Å². The van der Waals surface area contributed by atoms with Gasteiger partial charge in [0, 0.05) is 22.8 Å². The summed E-state index contributed by atoms with van der Waals surface area (Å²) in [6.07, 6.45) is 3.62. The Morgan fingerprint density at radius 1 is 1.24 bits per heavy atom. The van der Waals surface area contributed by atoms with Gasteiger partial charge in [-0.25, -0.2) is 4.98 Å². The van der Waals surface area contributed by atoms with Crippen LogP contribution in [0, 0.1) is 0 Å². The summed E-state index contributed by atoms with van der Waals surface area (Å²) in [6, 6.07) is 12.1. The smallest absolute Gasteiger partial charge is 0.217 e. The van der Waals surface area contributed by atoms with E-state index in [0.29, 0.717) is 5.88 Å². The number of nitrogens with one attached hydrogen (secondary N) is 1. The van der Waals surface area contributed by atoms with Crippen LogP contribution in [0.3, 0.4) is 0 Å². The largest absolute Gasteiger partial charge is 0.481 e. The minimum atomic E-state index is 0.133. The van der Waals surface area contributed by atoms with E-state index in [9.17, 15) is 0 Å². The Balaban J connectivity index is 2.28. The molecule has 0 bridgehead atoms. The molecule has 0 aliphatic rings. The van der Waals surface area contributed by atoms with E-state index in [2.05, 4.69) is 29.4 Å². The number of ether oxygens (including phenoxy) is 1. The summed E-state index contributed by atoms with van der Waals surface area (Å²) < 4.78 is 5.39. The highest BCUT2D eigenvalue weighted by atomic mass is 35.5. The first-order valence-corrected chi connectivity index (χ1v) is 7.59. The maximum absolute atomic E-state index is 6.29. The van der Waals surface area contributed by atoms with Gasteiger partial charge < -0.3 is 10.1 Å². The summed E-state index contributed by atoms with van der Waals surface area (Å²) in [5.41, 5.74) is 2.19. The molecule has 1 unspecified atom stereocenters. The molecule has 2 aromatic rings. The number of hydrogen-bond acceptors (Lipinski definition) is 3. The normalized spacial score (nSPS) is 12.1. The van der Waals surface area contributed by atoms with E-state index < -0.39 is 0 Å². The quantitative estimate of drug-likeness (QED) is 0.838. The number of aromatic nitrogens is 1. The number of halogens is 1. The van der Waals surface area contributed by atoms with E-state index in [0.717, 1.165) is 35.5 Å². The van der Waals surface area contributed by atoms with Gasteiger partial charge in [0.15, 0.2) is 0 Å². The number of benzene rings is 1. The molecule has 1 aromatic heterocycles. The lowest BCUT2D eigenvalue weighted by Crippen LogP contribution is -2.25. The van der Waals surface area contributed by atoms with Crippen LogP contribution in [-0.4, -0.2) is 18.6 Å². The lowest BCUT2D eigenvalue weighted by atomic mass is 9.99. The van der Waals surface area contributed by atoms with Crippen molar-refractivity contribution in [3.8, 4) is 5.88 Å². The van der Waals surface area contributed by atoms with Crippen LogP contribution in [0.25, 0.3) is 0 Å². The molecule has 1 heterocycles. The molecule has 1 atom stereocenters. The summed E-state index contributed by atoms with van der Waals surface area (Å²) in [7, 11) is 1.65. The van der Waals surface area contributed by atoms with Gasteiger partial charge in [-0.2, -0.15) is 0 Å². The third-order valence-electron chi connectivity index (χ3n) is 3.39. The first kappa shape index (κ1) is 15.8. The number of methoxy groups -OCH3 is 1. The van der Waals surface area contributed by atoms with Gasteiger partial charge in [0.1, 0.15) is 0 Å². The van der Waals surface area contributed by atoms with Crippen LogP contribution < -0.4 is 10.1 Å². The minimum Gasteiger partial charge on any atom is -0.481 e. The standard InChI is InChI=1S/C17H21ClN2O/c1-3-10-19-16(12-13-7-4-5-9-15(13)18)14-8-6-11-20-17(14)21-2/h4-9,11,16,19H,3,10,12H2,1-2H3. The molecular formula is C17H21ClN2O. The van der Waals surface area contributed by atoms with Crippen molar-refractivity contribution in [3.63, 3.8) is 0 Å². The molecule has 0 spiro atoms. The Morgan fingerprint density at radius 2 is 2.05 bits per heavy atom. The minimum absolute atomic E-state index is 0.133. The van der Waals surface area contributed by atoms with Crippen molar-refractivity contribution in [2.24, 2.45) is 0 Å². The van der Waals surface area contributed by atoms with Crippen molar-refractivity contribution in [2.75, 3.05) is 13.7 Å². The number of hydrogen-bond donors (Lipinski definition) is 1. The molecule has 21 heavy (non-hydrogen) atoms. The molecule has 112 valence electrons. The summed E-state index contributed by atoms with van der Waals surface area (Å²) in [6.45, 7) is 3.09. The maximum Gasteiger partial charge on any atom is 0.217 e. The topological polar surface area (TPSA) is 34.2 Å². The first-order valence-electron chi connectivity index (χ1n) is 7.22. The monoisotopic (exact) mass is 304 g/mol.